The van der Waals surface area contributed by atoms with E-state index in [2.05, 4.69) is 19.7 Å². The van der Waals surface area contributed by atoms with Crippen molar-refractivity contribution in [2.45, 2.75) is 20.2 Å². The zero-order valence-electron chi connectivity index (χ0n) is 34.9. The maximum Gasteiger partial charge on any atom is 0.573 e. The number of nitrogens with zero attached hydrogens (tertiary/aromatic N) is 1. The first-order chi connectivity index (χ1) is 31.7. The van der Waals surface area contributed by atoms with Crippen LogP contribution in [0.2, 0.25) is 5.02 Å². The first-order valence-electron chi connectivity index (χ1n) is 19.7. The average Bonchev–Trinajstić information content (AvgIpc) is 3.97. The van der Waals surface area contributed by atoms with Crippen molar-refractivity contribution in [2.75, 3.05) is 0 Å². The number of alkyl halides is 3. The second kappa shape index (κ2) is 18.5. The number of hydrogen-bond acceptors (Lipinski definition) is 5. The van der Waals surface area contributed by atoms with E-state index in [1.165, 1.54) is 66.7 Å². The molecule has 0 saturated carbocycles. The van der Waals surface area contributed by atoms with E-state index in [0.717, 1.165) is 5.56 Å². The third kappa shape index (κ3) is 10.1. The molecule has 3 aromatic heterocycles. The van der Waals surface area contributed by atoms with Gasteiger partial charge in [-0.1, -0.05) is 48.0 Å². The van der Waals surface area contributed by atoms with Crippen molar-refractivity contribution >= 4 is 62.0 Å². The molecule has 9 aromatic rings. The van der Waals surface area contributed by atoms with Gasteiger partial charge in [0.2, 0.25) is 0 Å². The number of carbonyl (C=O) groups is 3. The SMILES string of the molecule is Cc1c(C(N)=O)[nH]c2c(-c3ccc(Cl)cc3)cc(F)cc12.Cc1c(C(N)=O)[nH]c2c(-c3ccc(F)cc3)cc(F)cc12.N#Cc1cc(-c2ccc(OC(F)(F)F)cc2)c2[nH]c(C(N)=O)cc2c1. The van der Waals surface area contributed by atoms with E-state index < -0.39 is 29.9 Å². The van der Waals surface area contributed by atoms with Crippen LogP contribution in [0.5, 0.6) is 5.75 Å². The van der Waals surface area contributed by atoms with Gasteiger partial charge in [0.15, 0.2) is 0 Å². The minimum absolute atomic E-state index is 0.170. The number of ether oxygens (including phenoxy) is 1. The molecule has 0 spiro atoms. The molecule has 0 aliphatic rings. The Morgan fingerprint density at radius 2 is 1.03 bits per heavy atom. The Balaban J connectivity index is 0.000000150. The predicted octanol–water partition coefficient (Wildman–Crippen LogP) is 11.3. The highest BCUT2D eigenvalue weighted by Gasteiger charge is 2.31. The van der Waals surface area contributed by atoms with Crippen LogP contribution in [0.3, 0.4) is 0 Å². The summed E-state index contributed by atoms with van der Waals surface area (Å²) in [7, 11) is 0. The lowest BCUT2D eigenvalue weighted by Crippen LogP contribution is -2.16. The maximum absolute atomic E-state index is 13.9. The fourth-order valence-electron chi connectivity index (χ4n) is 7.49. The van der Waals surface area contributed by atoms with Gasteiger partial charge in [-0.2, -0.15) is 5.26 Å². The van der Waals surface area contributed by atoms with Gasteiger partial charge in [-0.05, 0) is 121 Å². The number of aryl methyl sites for hydroxylation is 2. The summed E-state index contributed by atoms with van der Waals surface area (Å²) >= 11 is 5.88. The van der Waals surface area contributed by atoms with E-state index in [9.17, 15) is 40.7 Å². The minimum atomic E-state index is -4.77. The number of hydrogen-bond donors (Lipinski definition) is 6. The Hall–Kier alpha value is -8.49. The first-order valence-corrected chi connectivity index (χ1v) is 20.1. The lowest BCUT2D eigenvalue weighted by atomic mass is 10.0. The molecule has 3 amide bonds. The van der Waals surface area contributed by atoms with E-state index in [0.29, 0.717) is 87.9 Å². The number of rotatable bonds is 7. The lowest BCUT2D eigenvalue weighted by Gasteiger charge is -2.10. The number of nitrogens with two attached hydrogens (primary N) is 3. The normalized spacial score (nSPS) is 11.1. The Morgan fingerprint density at radius 3 is 1.46 bits per heavy atom. The number of nitriles is 1. The summed E-state index contributed by atoms with van der Waals surface area (Å²) in [5.41, 5.74) is 23.8. The second-order valence-electron chi connectivity index (χ2n) is 15.0. The summed E-state index contributed by atoms with van der Waals surface area (Å²) in [5.74, 6) is -3.35. The van der Waals surface area contributed by atoms with Crippen LogP contribution in [0.15, 0.2) is 115 Å². The van der Waals surface area contributed by atoms with Crippen molar-refractivity contribution in [3.05, 3.63) is 172 Å². The van der Waals surface area contributed by atoms with Crippen molar-refractivity contribution in [2.24, 2.45) is 17.2 Å². The molecule has 0 saturated heterocycles. The molecule has 0 atom stereocenters. The highest BCUT2D eigenvalue weighted by Crippen LogP contribution is 2.36. The van der Waals surface area contributed by atoms with E-state index in [1.807, 2.05) is 6.07 Å². The Labute approximate surface area is 380 Å². The smallest absolute Gasteiger partial charge is 0.406 e. The summed E-state index contributed by atoms with van der Waals surface area (Å²) in [6.45, 7) is 3.44. The van der Waals surface area contributed by atoms with Crippen molar-refractivity contribution in [3.63, 3.8) is 0 Å². The molecule has 0 aliphatic heterocycles. The van der Waals surface area contributed by atoms with Gasteiger partial charge >= 0.3 is 6.36 Å². The zero-order chi connectivity index (χ0) is 48.5. The van der Waals surface area contributed by atoms with Gasteiger partial charge in [0.1, 0.15) is 40.3 Å². The van der Waals surface area contributed by atoms with Crippen LogP contribution in [0.1, 0.15) is 48.2 Å². The topological polar surface area (TPSA) is 210 Å². The monoisotopic (exact) mass is 933 g/mol. The molecule has 0 unspecified atom stereocenters. The predicted molar refractivity (Wildman–Crippen MR) is 243 cm³/mol. The fourth-order valence-corrected chi connectivity index (χ4v) is 7.62. The summed E-state index contributed by atoms with van der Waals surface area (Å²) < 4.78 is 81.3. The van der Waals surface area contributed by atoms with Gasteiger partial charge in [0.05, 0.1) is 28.2 Å². The number of fused-ring (bicyclic) bond motifs is 3. The standard InChI is InChI=1S/C17H10F3N3O2.C16H12ClFN2O.C16H12F2N2O/c18-17(19,20)25-12-3-1-10(2-4-12)13-6-9(8-21)5-11-7-14(16(22)24)23-15(11)13;2*1-8-12-6-11(18)7-13(9-2-4-10(17)5-3-9)15(12)20-14(8)16(19)21/h1-7,23H,(H2,22,24);2*2-7,20H,1H3,(H2,19,21). The van der Waals surface area contributed by atoms with Crippen molar-refractivity contribution < 1.29 is 45.5 Å². The van der Waals surface area contributed by atoms with E-state index in [-0.39, 0.29) is 28.8 Å². The van der Waals surface area contributed by atoms with Crippen LogP contribution in [0.25, 0.3) is 66.1 Å². The first kappa shape index (κ1) is 46.5. The van der Waals surface area contributed by atoms with Gasteiger partial charge in [0, 0.05) is 37.9 Å². The summed E-state index contributed by atoms with van der Waals surface area (Å²) in [6, 6.07) is 30.2. The zero-order valence-corrected chi connectivity index (χ0v) is 35.7. The molecule has 18 heteroatoms. The fraction of sp³-hybridized carbons (Fsp3) is 0.0612. The molecule has 0 radical (unpaired) electrons. The van der Waals surface area contributed by atoms with Crippen LogP contribution in [0, 0.1) is 42.6 Å². The molecular weight excluding hydrogens is 900 g/mol. The Kier molecular flexibility index (Phi) is 12.9. The highest BCUT2D eigenvalue weighted by molar-refractivity contribution is 6.30. The molecular formula is C49H34ClF6N7O4. The Morgan fingerprint density at radius 1 is 0.582 bits per heavy atom. The van der Waals surface area contributed by atoms with Gasteiger partial charge in [-0.25, -0.2) is 13.2 Å². The van der Waals surface area contributed by atoms with Crippen molar-refractivity contribution in [3.8, 4) is 45.2 Å². The molecule has 0 aliphatic carbocycles. The molecule has 0 bridgehead atoms. The van der Waals surface area contributed by atoms with Crippen LogP contribution < -0.4 is 21.9 Å². The largest absolute Gasteiger partial charge is 0.573 e. The molecule has 0 fully saturated rings. The number of carbonyl (C=O) groups excluding carboxylic acids is 3. The third-order valence-corrected chi connectivity index (χ3v) is 10.8. The number of halogens is 7. The quantitative estimate of drug-likeness (QED) is 0.0859. The van der Waals surface area contributed by atoms with Crippen LogP contribution in [-0.4, -0.2) is 39.0 Å². The number of benzene rings is 6. The van der Waals surface area contributed by atoms with Crippen LogP contribution in [-0.2, 0) is 0 Å². The summed E-state index contributed by atoms with van der Waals surface area (Å²) in [4.78, 5) is 43.0. The number of amides is 3. The van der Waals surface area contributed by atoms with Gasteiger partial charge in [0.25, 0.3) is 17.7 Å². The van der Waals surface area contributed by atoms with Crippen molar-refractivity contribution in [1.82, 2.24) is 15.0 Å². The molecule has 11 nitrogen and oxygen atoms in total. The second-order valence-corrected chi connectivity index (χ2v) is 15.4. The maximum atomic E-state index is 13.9. The van der Waals surface area contributed by atoms with E-state index in [4.69, 9.17) is 34.1 Å². The lowest BCUT2D eigenvalue weighted by molar-refractivity contribution is -0.274. The number of nitrogens with one attached hydrogen (secondary N) is 3. The summed E-state index contributed by atoms with van der Waals surface area (Å²) in [5, 5.41) is 11.6. The van der Waals surface area contributed by atoms with Crippen LogP contribution >= 0.6 is 11.6 Å². The average molecular weight is 934 g/mol. The third-order valence-electron chi connectivity index (χ3n) is 10.6. The van der Waals surface area contributed by atoms with Gasteiger partial charge in [-0.15, -0.1) is 13.2 Å². The molecule has 9 N–H and O–H groups in total. The highest BCUT2D eigenvalue weighted by atomic mass is 35.5. The minimum Gasteiger partial charge on any atom is -0.406 e. The van der Waals surface area contributed by atoms with Gasteiger partial charge < -0.3 is 36.9 Å². The molecule has 9 rings (SSSR count). The van der Waals surface area contributed by atoms with E-state index >= 15 is 0 Å². The van der Waals surface area contributed by atoms with E-state index in [1.54, 1.807) is 62.4 Å². The number of aromatic nitrogens is 3. The molecule has 338 valence electrons. The molecule has 3 heterocycles. The van der Waals surface area contributed by atoms with Crippen molar-refractivity contribution in [1.29, 1.82) is 5.26 Å². The number of H-pyrrole nitrogens is 3. The molecule has 6 aromatic carbocycles. The summed E-state index contributed by atoms with van der Waals surface area (Å²) in [6.07, 6.45) is -4.77. The van der Waals surface area contributed by atoms with Gasteiger partial charge in [-0.3, -0.25) is 14.4 Å². The Bertz CT molecular complexity index is 3280. The number of aromatic amines is 3. The number of primary amides is 3. The molecule has 67 heavy (non-hydrogen) atoms. The van der Waals surface area contributed by atoms with Crippen LogP contribution in [0.4, 0.5) is 26.3 Å².